The molecule has 74 valence electrons. The van der Waals surface area contributed by atoms with Gasteiger partial charge in [-0.3, -0.25) is 0 Å². The van der Waals surface area contributed by atoms with Gasteiger partial charge in [0.25, 0.3) is 0 Å². The molecule has 0 aliphatic heterocycles. The van der Waals surface area contributed by atoms with E-state index in [1.807, 2.05) is 0 Å². The standard InChI is InChI=1S/C10H23NO/c1-9(2)12-8-10(3)6-7-11(4)5/h9-10H,6-8H2,1-5H3. The predicted molar refractivity (Wildman–Crippen MR) is 53.4 cm³/mol. The first-order chi connectivity index (χ1) is 5.52. The summed E-state index contributed by atoms with van der Waals surface area (Å²) in [5.41, 5.74) is 0. The largest absolute Gasteiger partial charge is 0.379 e. The van der Waals surface area contributed by atoms with E-state index < -0.39 is 0 Å². The molecule has 0 aromatic heterocycles. The van der Waals surface area contributed by atoms with Crippen LogP contribution in [0.5, 0.6) is 0 Å². The first-order valence-electron chi connectivity index (χ1n) is 4.78. The fraction of sp³-hybridized carbons (Fsp3) is 1.00. The lowest BCUT2D eigenvalue weighted by atomic mass is 10.1. The van der Waals surface area contributed by atoms with Gasteiger partial charge in [0.05, 0.1) is 6.10 Å². The highest BCUT2D eigenvalue weighted by Crippen LogP contribution is 2.04. The molecule has 0 amide bonds. The molecular weight excluding hydrogens is 150 g/mol. The average molecular weight is 173 g/mol. The van der Waals surface area contributed by atoms with E-state index in [4.69, 9.17) is 4.74 Å². The highest BCUT2D eigenvalue weighted by molar-refractivity contribution is 4.54. The van der Waals surface area contributed by atoms with Crippen molar-refractivity contribution < 1.29 is 4.74 Å². The Morgan fingerprint density at radius 3 is 2.17 bits per heavy atom. The summed E-state index contributed by atoms with van der Waals surface area (Å²) in [7, 11) is 4.21. The van der Waals surface area contributed by atoms with Gasteiger partial charge in [0.2, 0.25) is 0 Å². The van der Waals surface area contributed by atoms with Crippen molar-refractivity contribution in [1.29, 1.82) is 0 Å². The van der Waals surface area contributed by atoms with Crippen LogP contribution in [-0.4, -0.2) is 38.3 Å². The molecule has 1 atom stereocenters. The van der Waals surface area contributed by atoms with Crippen molar-refractivity contribution in [3.63, 3.8) is 0 Å². The topological polar surface area (TPSA) is 12.5 Å². The first-order valence-corrected chi connectivity index (χ1v) is 4.78. The normalized spacial score (nSPS) is 14.2. The third-order valence-electron chi connectivity index (χ3n) is 1.78. The van der Waals surface area contributed by atoms with Crippen LogP contribution >= 0.6 is 0 Å². The molecular formula is C10H23NO. The van der Waals surface area contributed by atoms with Crippen LogP contribution in [0.4, 0.5) is 0 Å². The second kappa shape index (κ2) is 6.44. The van der Waals surface area contributed by atoms with Gasteiger partial charge >= 0.3 is 0 Å². The van der Waals surface area contributed by atoms with E-state index in [-0.39, 0.29) is 0 Å². The van der Waals surface area contributed by atoms with Crippen molar-refractivity contribution in [1.82, 2.24) is 4.90 Å². The maximum atomic E-state index is 5.52. The summed E-state index contributed by atoms with van der Waals surface area (Å²) in [6.07, 6.45) is 1.59. The number of hydrogen-bond donors (Lipinski definition) is 0. The fourth-order valence-electron chi connectivity index (χ4n) is 0.919. The molecule has 2 heteroatoms. The zero-order chi connectivity index (χ0) is 9.56. The predicted octanol–water partition coefficient (Wildman–Crippen LogP) is 2.00. The Morgan fingerprint density at radius 2 is 1.75 bits per heavy atom. The Bertz CT molecular complexity index is 90.0. The Morgan fingerprint density at radius 1 is 1.17 bits per heavy atom. The van der Waals surface area contributed by atoms with Crippen LogP contribution in [0.25, 0.3) is 0 Å². The minimum Gasteiger partial charge on any atom is -0.379 e. The maximum Gasteiger partial charge on any atom is 0.0519 e. The van der Waals surface area contributed by atoms with Crippen LogP contribution in [0.15, 0.2) is 0 Å². The molecule has 0 heterocycles. The Balaban J connectivity index is 3.27. The van der Waals surface area contributed by atoms with E-state index in [1.54, 1.807) is 0 Å². The van der Waals surface area contributed by atoms with Crippen molar-refractivity contribution in [2.45, 2.75) is 33.3 Å². The van der Waals surface area contributed by atoms with Crippen LogP contribution in [-0.2, 0) is 4.74 Å². The van der Waals surface area contributed by atoms with Gasteiger partial charge in [-0.05, 0) is 46.8 Å². The van der Waals surface area contributed by atoms with E-state index in [0.717, 1.165) is 13.2 Å². The third kappa shape index (κ3) is 8.02. The van der Waals surface area contributed by atoms with E-state index >= 15 is 0 Å². The molecule has 0 radical (unpaired) electrons. The van der Waals surface area contributed by atoms with Crippen LogP contribution in [0, 0.1) is 5.92 Å². The molecule has 12 heavy (non-hydrogen) atoms. The average Bonchev–Trinajstić information content (AvgIpc) is 1.96. The summed E-state index contributed by atoms with van der Waals surface area (Å²) in [6.45, 7) is 8.46. The molecule has 0 saturated carbocycles. The SMILES string of the molecule is CC(CCN(C)C)COC(C)C. The van der Waals surface area contributed by atoms with Gasteiger partial charge in [-0.25, -0.2) is 0 Å². The van der Waals surface area contributed by atoms with Crippen LogP contribution in [0.3, 0.4) is 0 Å². The van der Waals surface area contributed by atoms with E-state index in [0.29, 0.717) is 12.0 Å². The summed E-state index contributed by atoms with van der Waals surface area (Å²) < 4.78 is 5.52. The smallest absolute Gasteiger partial charge is 0.0519 e. The Hall–Kier alpha value is -0.0800. The highest BCUT2D eigenvalue weighted by Gasteiger charge is 2.03. The molecule has 0 rings (SSSR count). The van der Waals surface area contributed by atoms with Gasteiger partial charge in [-0.2, -0.15) is 0 Å². The summed E-state index contributed by atoms with van der Waals surface area (Å²) in [4.78, 5) is 2.21. The molecule has 0 bridgehead atoms. The summed E-state index contributed by atoms with van der Waals surface area (Å²) in [5.74, 6) is 0.676. The fourth-order valence-corrected chi connectivity index (χ4v) is 0.919. The van der Waals surface area contributed by atoms with Crippen molar-refractivity contribution in [2.24, 2.45) is 5.92 Å². The lowest BCUT2D eigenvalue weighted by Gasteiger charge is -2.16. The first kappa shape index (κ1) is 11.9. The Kier molecular flexibility index (Phi) is 6.39. The molecule has 0 fully saturated rings. The molecule has 0 aliphatic carbocycles. The molecule has 0 aromatic carbocycles. The van der Waals surface area contributed by atoms with Gasteiger partial charge in [-0.1, -0.05) is 6.92 Å². The molecule has 0 aromatic rings. The van der Waals surface area contributed by atoms with Gasteiger partial charge in [0, 0.05) is 6.61 Å². The highest BCUT2D eigenvalue weighted by atomic mass is 16.5. The lowest BCUT2D eigenvalue weighted by molar-refractivity contribution is 0.0517. The van der Waals surface area contributed by atoms with Gasteiger partial charge in [0.1, 0.15) is 0 Å². The lowest BCUT2D eigenvalue weighted by Crippen LogP contribution is -2.19. The van der Waals surface area contributed by atoms with E-state index in [9.17, 15) is 0 Å². The van der Waals surface area contributed by atoms with Crippen molar-refractivity contribution in [3.8, 4) is 0 Å². The number of ether oxygens (including phenoxy) is 1. The summed E-state index contributed by atoms with van der Waals surface area (Å²) >= 11 is 0. The van der Waals surface area contributed by atoms with Crippen molar-refractivity contribution in [2.75, 3.05) is 27.2 Å². The van der Waals surface area contributed by atoms with Gasteiger partial charge in [-0.15, -0.1) is 0 Å². The van der Waals surface area contributed by atoms with Crippen LogP contribution < -0.4 is 0 Å². The maximum absolute atomic E-state index is 5.52. The minimum atomic E-state index is 0.367. The quantitative estimate of drug-likeness (QED) is 0.609. The van der Waals surface area contributed by atoms with Crippen molar-refractivity contribution >= 4 is 0 Å². The van der Waals surface area contributed by atoms with Gasteiger partial charge in [0.15, 0.2) is 0 Å². The van der Waals surface area contributed by atoms with Gasteiger partial charge < -0.3 is 9.64 Å². The summed E-state index contributed by atoms with van der Waals surface area (Å²) in [6, 6.07) is 0. The second-order valence-electron chi connectivity index (χ2n) is 4.08. The van der Waals surface area contributed by atoms with Crippen molar-refractivity contribution in [3.05, 3.63) is 0 Å². The molecule has 2 nitrogen and oxygen atoms in total. The van der Waals surface area contributed by atoms with Crippen LogP contribution in [0.2, 0.25) is 0 Å². The monoisotopic (exact) mass is 173 g/mol. The molecule has 0 N–H and O–H groups in total. The van der Waals surface area contributed by atoms with E-state index in [1.165, 1.54) is 6.42 Å². The van der Waals surface area contributed by atoms with Crippen LogP contribution in [0.1, 0.15) is 27.2 Å². The molecule has 0 saturated heterocycles. The van der Waals surface area contributed by atoms with E-state index in [2.05, 4.69) is 39.8 Å². The zero-order valence-corrected chi connectivity index (χ0v) is 9.13. The third-order valence-corrected chi connectivity index (χ3v) is 1.78. The number of hydrogen-bond acceptors (Lipinski definition) is 2. The number of nitrogens with zero attached hydrogens (tertiary/aromatic N) is 1. The summed E-state index contributed by atoms with van der Waals surface area (Å²) in [5, 5.41) is 0. The minimum absolute atomic E-state index is 0.367. The second-order valence-corrected chi connectivity index (χ2v) is 4.08. The molecule has 0 aliphatic rings. The molecule has 0 spiro atoms. The number of rotatable bonds is 6. The zero-order valence-electron chi connectivity index (χ0n) is 9.13. The Labute approximate surface area is 76.9 Å². The molecule has 1 unspecified atom stereocenters.